The predicted octanol–water partition coefficient (Wildman–Crippen LogP) is 1.89. The van der Waals surface area contributed by atoms with Gasteiger partial charge in [-0.3, -0.25) is 0 Å². The van der Waals surface area contributed by atoms with Crippen LogP contribution in [0.2, 0.25) is 0 Å². The van der Waals surface area contributed by atoms with Gasteiger partial charge < -0.3 is 15.0 Å². The Bertz CT molecular complexity index is 278. The van der Waals surface area contributed by atoms with Crippen LogP contribution in [0.3, 0.4) is 0 Å². The Morgan fingerprint density at radius 3 is 2.47 bits per heavy atom. The monoisotopic (exact) mass is 280 g/mol. The Morgan fingerprint density at radius 1 is 1.21 bits per heavy atom. The molecule has 2 saturated heterocycles. The molecule has 0 amide bonds. The number of nitrogens with one attached hydrogen (secondary N) is 1. The van der Waals surface area contributed by atoms with Gasteiger partial charge in [-0.05, 0) is 39.4 Å². The molecule has 2 atom stereocenters. The fourth-order valence-corrected chi connectivity index (χ4v) is 3.13. The highest BCUT2D eigenvalue weighted by Crippen LogP contribution is 2.34. The molecule has 1 N–H and O–H groups in total. The van der Waals surface area contributed by atoms with Gasteiger partial charge in [0.2, 0.25) is 0 Å². The molecule has 0 aromatic rings. The van der Waals surface area contributed by atoms with Gasteiger partial charge in [0.15, 0.2) is 0 Å². The minimum atomic E-state index is -4.02. The molecule has 2 aliphatic rings. The van der Waals surface area contributed by atoms with Crippen LogP contribution >= 0.6 is 0 Å². The Balaban J connectivity index is 1.78. The lowest BCUT2D eigenvalue weighted by Crippen LogP contribution is -2.48. The zero-order valence-electron chi connectivity index (χ0n) is 11.4. The number of likely N-dealkylation sites (tertiary alicyclic amines) is 1. The molecule has 2 rings (SSSR count). The highest BCUT2D eigenvalue weighted by molar-refractivity contribution is 4.84. The number of piperidine rings is 1. The van der Waals surface area contributed by atoms with Crippen LogP contribution in [0.1, 0.15) is 19.3 Å². The molecule has 6 heteroatoms. The number of ether oxygens (including phenoxy) is 1. The summed E-state index contributed by atoms with van der Waals surface area (Å²) in [6.45, 7) is 3.44. The van der Waals surface area contributed by atoms with E-state index in [4.69, 9.17) is 4.74 Å². The van der Waals surface area contributed by atoms with Crippen molar-refractivity contribution >= 4 is 0 Å². The second-order valence-electron chi connectivity index (χ2n) is 5.64. The number of hydrogen-bond donors (Lipinski definition) is 1. The van der Waals surface area contributed by atoms with Crippen LogP contribution in [0, 0.1) is 11.8 Å². The minimum Gasteiger partial charge on any atom is -0.381 e. The van der Waals surface area contributed by atoms with Crippen LogP contribution in [0.25, 0.3) is 0 Å². The number of halogens is 3. The normalized spacial score (nSPS) is 31.6. The van der Waals surface area contributed by atoms with E-state index in [0.29, 0.717) is 31.7 Å². The third-order valence-electron chi connectivity index (χ3n) is 4.39. The summed E-state index contributed by atoms with van der Waals surface area (Å²) in [6, 6.07) is 0.425. The van der Waals surface area contributed by atoms with E-state index in [0.717, 1.165) is 19.6 Å². The second kappa shape index (κ2) is 6.41. The van der Waals surface area contributed by atoms with Crippen LogP contribution in [0.5, 0.6) is 0 Å². The Labute approximate surface area is 112 Å². The quantitative estimate of drug-likeness (QED) is 0.854. The Kier molecular flexibility index (Phi) is 5.09. The van der Waals surface area contributed by atoms with Crippen molar-refractivity contribution in [3.8, 4) is 0 Å². The lowest BCUT2D eigenvalue weighted by Gasteiger charge is -2.38. The van der Waals surface area contributed by atoms with Crippen molar-refractivity contribution in [2.75, 3.05) is 39.9 Å². The van der Waals surface area contributed by atoms with Gasteiger partial charge in [0, 0.05) is 25.1 Å². The molecule has 2 fully saturated rings. The maximum Gasteiger partial charge on any atom is 0.391 e. The molecule has 19 heavy (non-hydrogen) atoms. The molecular weight excluding hydrogens is 257 g/mol. The molecule has 2 aliphatic heterocycles. The van der Waals surface area contributed by atoms with E-state index in [-0.39, 0.29) is 12.8 Å². The van der Waals surface area contributed by atoms with Gasteiger partial charge in [-0.25, -0.2) is 0 Å². The van der Waals surface area contributed by atoms with Gasteiger partial charge in [0.05, 0.1) is 12.5 Å². The van der Waals surface area contributed by atoms with Crippen molar-refractivity contribution in [3.63, 3.8) is 0 Å². The number of rotatable bonds is 3. The maximum absolute atomic E-state index is 12.6. The van der Waals surface area contributed by atoms with Gasteiger partial charge in [0.1, 0.15) is 0 Å². The van der Waals surface area contributed by atoms with Crippen molar-refractivity contribution in [3.05, 3.63) is 0 Å². The van der Waals surface area contributed by atoms with Crippen LogP contribution in [0.15, 0.2) is 0 Å². The summed E-state index contributed by atoms with van der Waals surface area (Å²) >= 11 is 0. The number of hydrogen-bond acceptors (Lipinski definition) is 3. The van der Waals surface area contributed by atoms with Gasteiger partial charge in [-0.1, -0.05) is 0 Å². The highest BCUT2D eigenvalue weighted by Gasteiger charge is 2.41. The lowest BCUT2D eigenvalue weighted by atomic mass is 9.92. The van der Waals surface area contributed by atoms with Crippen molar-refractivity contribution in [2.45, 2.75) is 31.5 Å². The lowest BCUT2D eigenvalue weighted by molar-refractivity contribution is -0.185. The summed E-state index contributed by atoms with van der Waals surface area (Å²) < 4.78 is 43.3. The zero-order chi connectivity index (χ0) is 13.9. The molecule has 0 bridgehead atoms. The summed E-state index contributed by atoms with van der Waals surface area (Å²) in [5.74, 6) is -0.715. The fourth-order valence-electron chi connectivity index (χ4n) is 3.13. The van der Waals surface area contributed by atoms with Gasteiger partial charge >= 0.3 is 6.18 Å². The topological polar surface area (TPSA) is 24.5 Å². The van der Waals surface area contributed by atoms with E-state index in [1.807, 2.05) is 7.05 Å². The Morgan fingerprint density at radius 2 is 1.89 bits per heavy atom. The summed E-state index contributed by atoms with van der Waals surface area (Å²) in [5.41, 5.74) is 0. The number of alkyl halides is 3. The minimum absolute atomic E-state index is 0.237. The average molecular weight is 280 g/mol. The van der Waals surface area contributed by atoms with E-state index in [1.165, 1.54) is 0 Å². The Hall–Kier alpha value is -0.330. The van der Waals surface area contributed by atoms with Crippen molar-refractivity contribution < 1.29 is 17.9 Å². The SMILES string of the molecule is CNC1CCOCC1CN1CCC(C(F)(F)F)CC1. The molecule has 0 radical (unpaired) electrons. The van der Waals surface area contributed by atoms with Gasteiger partial charge in [0.25, 0.3) is 0 Å². The van der Waals surface area contributed by atoms with E-state index in [1.54, 1.807) is 0 Å². The molecular formula is C13H23F3N2O. The number of nitrogens with zero attached hydrogens (tertiary/aromatic N) is 1. The first-order valence-corrected chi connectivity index (χ1v) is 7.04. The molecule has 2 unspecified atom stereocenters. The van der Waals surface area contributed by atoms with Crippen LogP contribution in [0.4, 0.5) is 13.2 Å². The summed E-state index contributed by atoms with van der Waals surface area (Å²) in [4.78, 5) is 2.16. The molecule has 3 nitrogen and oxygen atoms in total. The van der Waals surface area contributed by atoms with E-state index in [2.05, 4.69) is 10.2 Å². The van der Waals surface area contributed by atoms with Crippen molar-refractivity contribution in [1.82, 2.24) is 10.2 Å². The van der Waals surface area contributed by atoms with Gasteiger partial charge in [-0.15, -0.1) is 0 Å². The van der Waals surface area contributed by atoms with E-state index >= 15 is 0 Å². The standard InChI is InChI=1S/C13H23F3N2O/c1-17-12-4-7-19-9-10(12)8-18-5-2-11(3-6-18)13(14,15)16/h10-12,17H,2-9H2,1H3. The van der Waals surface area contributed by atoms with Crippen molar-refractivity contribution in [2.24, 2.45) is 11.8 Å². The molecule has 0 aromatic carbocycles. The molecule has 112 valence electrons. The summed E-state index contributed by atoms with van der Waals surface area (Å²) in [7, 11) is 1.94. The van der Waals surface area contributed by atoms with Crippen LogP contribution in [-0.2, 0) is 4.74 Å². The molecule has 0 aliphatic carbocycles. The van der Waals surface area contributed by atoms with Crippen LogP contribution in [-0.4, -0.2) is 57.0 Å². The molecule has 2 heterocycles. The first-order chi connectivity index (χ1) is 9.00. The zero-order valence-corrected chi connectivity index (χ0v) is 11.4. The summed E-state index contributed by atoms with van der Waals surface area (Å²) in [5, 5.41) is 3.29. The average Bonchev–Trinajstić information content (AvgIpc) is 2.39. The molecule has 0 aromatic heterocycles. The fraction of sp³-hybridized carbons (Fsp3) is 1.00. The second-order valence-corrected chi connectivity index (χ2v) is 5.64. The molecule has 0 spiro atoms. The van der Waals surface area contributed by atoms with Crippen LogP contribution < -0.4 is 5.32 Å². The summed E-state index contributed by atoms with van der Waals surface area (Å²) in [6.07, 6.45) is -2.56. The highest BCUT2D eigenvalue weighted by atomic mass is 19.4. The third kappa shape index (κ3) is 4.07. The molecule has 0 saturated carbocycles. The van der Waals surface area contributed by atoms with E-state index < -0.39 is 12.1 Å². The smallest absolute Gasteiger partial charge is 0.381 e. The first-order valence-electron chi connectivity index (χ1n) is 7.04. The predicted molar refractivity (Wildman–Crippen MR) is 67.0 cm³/mol. The maximum atomic E-state index is 12.6. The largest absolute Gasteiger partial charge is 0.391 e. The van der Waals surface area contributed by atoms with E-state index in [9.17, 15) is 13.2 Å². The van der Waals surface area contributed by atoms with Crippen molar-refractivity contribution in [1.29, 1.82) is 0 Å². The van der Waals surface area contributed by atoms with Gasteiger partial charge in [-0.2, -0.15) is 13.2 Å². The first kappa shape index (κ1) is 15.1. The third-order valence-corrected chi connectivity index (χ3v) is 4.39.